The van der Waals surface area contributed by atoms with Gasteiger partial charge in [0, 0.05) is 19.3 Å². The lowest BCUT2D eigenvalue weighted by molar-refractivity contribution is 0.240. The van der Waals surface area contributed by atoms with Gasteiger partial charge >= 0.3 is 6.03 Å². The predicted octanol–water partition coefficient (Wildman–Crippen LogP) is 2.63. The van der Waals surface area contributed by atoms with E-state index in [1.54, 1.807) is 6.20 Å². The minimum Gasteiger partial charge on any atom is -0.338 e. The van der Waals surface area contributed by atoms with Gasteiger partial charge in [-0.1, -0.05) is 18.2 Å². The molecular formula is C18H21N5O. The van der Waals surface area contributed by atoms with Gasteiger partial charge in [0.25, 0.3) is 0 Å². The number of para-hydroxylation sites is 2. The quantitative estimate of drug-likeness (QED) is 0.685. The first-order chi connectivity index (χ1) is 11.7. The number of aryl methyl sites for hydroxylation is 2. The summed E-state index contributed by atoms with van der Waals surface area (Å²) in [6.07, 6.45) is 2.56. The number of pyridine rings is 1. The summed E-state index contributed by atoms with van der Waals surface area (Å²) in [4.78, 5) is 20.5. The van der Waals surface area contributed by atoms with Crippen LogP contribution in [0.5, 0.6) is 0 Å². The van der Waals surface area contributed by atoms with Crippen LogP contribution in [-0.4, -0.2) is 27.1 Å². The van der Waals surface area contributed by atoms with E-state index in [0.717, 1.165) is 35.5 Å². The molecule has 3 aromatic rings. The summed E-state index contributed by atoms with van der Waals surface area (Å²) in [6, 6.07) is 13.6. The van der Waals surface area contributed by atoms with Crippen LogP contribution in [-0.2, 0) is 13.1 Å². The molecular weight excluding hydrogens is 302 g/mol. The largest absolute Gasteiger partial charge is 0.338 e. The van der Waals surface area contributed by atoms with Crippen LogP contribution in [0.1, 0.15) is 17.9 Å². The van der Waals surface area contributed by atoms with Crippen LogP contribution < -0.4 is 10.6 Å². The molecule has 0 aliphatic rings. The molecule has 0 spiro atoms. The first kappa shape index (κ1) is 16.0. The molecule has 0 atom stereocenters. The Labute approximate surface area is 140 Å². The van der Waals surface area contributed by atoms with Gasteiger partial charge in [-0.25, -0.2) is 9.78 Å². The molecule has 0 saturated carbocycles. The third kappa shape index (κ3) is 3.90. The number of nitrogens with zero attached hydrogens (tertiary/aromatic N) is 3. The van der Waals surface area contributed by atoms with Crippen molar-refractivity contribution in [3.05, 3.63) is 60.2 Å². The molecule has 2 aromatic heterocycles. The highest BCUT2D eigenvalue weighted by atomic mass is 16.2. The van der Waals surface area contributed by atoms with Gasteiger partial charge in [-0.2, -0.15) is 0 Å². The van der Waals surface area contributed by atoms with Crippen LogP contribution in [0.25, 0.3) is 11.0 Å². The molecule has 0 fully saturated rings. The van der Waals surface area contributed by atoms with Gasteiger partial charge in [-0.05, 0) is 37.6 Å². The molecule has 2 N–H and O–H groups in total. The second-order valence-electron chi connectivity index (χ2n) is 5.58. The number of hydrogen-bond donors (Lipinski definition) is 2. The number of imidazole rings is 1. The third-order valence-electron chi connectivity index (χ3n) is 3.85. The number of carbonyl (C=O) groups excluding carboxylic acids is 1. The second-order valence-corrected chi connectivity index (χ2v) is 5.58. The lowest BCUT2D eigenvalue weighted by atomic mass is 10.3. The average molecular weight is 323 g/mol. The van der Waals surface area contributed by atoms with E-state index in [9.17, 15) is 4.79 Å². The molecule has 124 valence electrons. The van der Waals surface area contributed by atoms with E-state index in [0.29, 0.717) is 13.1 Å². The summed E-state index contributed by atoms with van der Waals surface area (Å²) in [5, 5.41) is 5.67. The normalized spacial score (nSPS) is 10.7. The first-order valence-corrected chi connectivity index (χ1v) is 8.07. The number of urea groups is 1. The molecule has 0 bridgehead atoms. The van der Waals surface area contributed by atoms with E-state index in [4.69, 9.17) is 0 Å². The predicted molar refractivity (Wildman–Crippen MR) is 93.6 cm³/mol. The van der Waals surface area contributed by atoms with Crippen molar-refractivity contribution in [3.8, 4) is 0 Å². The molecule has 0 aliphatic heterocycles. The number of aromatic nitrogens is 3. The lowest BCUT2D eigenvalue weighted by Gasteiger charge is -2.09. The van der Waals surface area contributed by atoms with E-state index in [1.165, 1.54) is 0 Å². The Balaban J connectivity index is 1.43. The smallest absolute Gasteiger partial charge is 0.315 e. The van der Waals surface area contributed by atoms with Crippen molar-refractivity contribution in [1.82, 2.24) is 25.2 Å². The van der Waals surface area contributed by atoms with Crippen molar-refractivity contribution < 1.29 is 4.79 Å². The van der Waals surface area contributed by atoms with Gasteiger partial charge in [0.2, 0.25) is 0 Å². The zero-order valence-corrected chi connectivity index (χ0v) is 13.7. The minimum atomic E-state index is -0.173. The topological polar surface area (TPSA) is 71.8 Å². The fourth-order valence-corrected chi connectivity index (χ4v) is 2.65. The molecule has 6 nitrogen and oxygen atoms in total. The lowest BCUT2D eigenvalue weighted by Crippen LogP contribution is -2.36. The van der Waals surface area contributed by atoms with Crippen LogP contribution in [0.2, 0.25) is 0 Å². The summed E-state index contributed by atoms with van der Waals surface area (Å²) in [5.74, 6) is 0.996. The monoisotopic (exact) mass is 323 g/mol. The Morgan fingerprint density at radius 2 is 1.96 bits per heavy atom. The third-order valence-corrected chi connectivity index (χ3v) is 3.85. The average Bonchev–Trinajstić information content (AvgIpc) is 2.93. The molecule has 2 heterocycles. The van der Waals surface area contributed by atoms with Gasteiger partial charge in [0.1, 0.15) is 5.82 Å². The summed E-state index contributed by atoms with van der Waals surface area (Å²) in [7, 11) is 0. The van der Waals surface area contributed by atoms with E-state index in [-0.39, 0.29) is 6.03 Å². The van der Waals surface area contributed by atoms with E-state index in [2.05, 4.69) is 31.2 Å². The van der Waals surface area contributed by atoms with Gasteiger partial charge in [0.15, 0.2) is 0 Å². The minimum absolute atomic E-state index is 0.173. The fraction of sp³-hybridized carbons (Fsp3) is 0.278. The SMILES string of the molecule is Cc1nc2ccccc2n1CCCNC(=O)NCc1ccccn1. The van der Waals surface area contributed by atoms with Crippen LogP contribution in [0.15, 0.2) is 48.7 Å². The van der Waals surface area contributed by atoms with Crippen LogP contribution in [0.3, 0.4) is 0 Å². The Morgan fingerprint density at radius 3 is 2.79 bits per heavy atom. The maximum absolute atomic E-state index is 11.8. The molecule has 24 heavy (non-hydrogen) atoms. The number of nitrogens with one attached hydrogen (secondary N) is 2. The summed E-state index contributed by atoms with van der Waals surface area (Å²) in [5.41, 5.74) is 2.99. The number of benzene rings is 1. The Kier molecular flexibility index (Phi) is 5.05. The number of carbonyl (C=O) groups is 1. The number of amides is 2. The van der Waals surface area contributed by atoms with Gasteiger partial charge in [-0.3, -0.25) is 4.98 Å². The molecule has 2 amide bonds. The molecule has 0 radical (unpaired) electrons. The molecule has 0 aliphatic carbocycles. The Morgan fingerprint density at radius 1 is 1.12 bits per heavy atom. The summed E-state index contributed by atoms with van der Waals surface area (Å²) >= 11 is 0. The van der Waals surface area contributed by atoms with E-state index in [1.807, 2.05) is 43.3 Å². The van der Waals surface area contributed by atoms with Gasteiger partial charge in [-0.15, -0.1) is 0 Å². The van der Waals surface area contributed by atoms with Crippen molar-refractivity contribution >= 4 is 17.1 Å². The molecule has 0 saturated heterocycles. The maximum Gasteiger partial charge on any atom is 0.315 e. The highest BCUT2D eigenvalue weighted by Gasteiger charge is 2.06. The zero-order valence-electron chi connectivity index (χ0n) is 13.7. The number of hydrogen-bond acceptors (Lipinski definition) is 3. The standard InChI is InChI=1S/C18H21N5O/c1-14-22-16-8-2-3-9-17(16)23(14)12-6-11-20-18(24)21-13-15-7-4-5-10-19-15/h2-5,7-10H,6,11-13H2,1H3,(H2,20,21,24). The first-order valence-electron chi connectivity index (χ1n) is 8.07. The van der Waals surface area contributed by atoms with E-state index < -0.39 is 0 Å². The highest BCUT2D eigenvalue weighted by molar-refractivity contribution is 5.76. The molecule has 6 heteroatoms. The molecule has 1 aromatic carbocycles. The van der Waals surface area contributed by atoms with Crippen molar-refractivity contribution in [1.29, 1.82) is 0 Å². The van der Waals surface area contributed by atoms with Crippen molar-refractivity contribution in [3.63, 3.8) is 0 Å². The number of rotatable bonds is 6. The highest BCUT2D eigenvalue weighted by Crippen LogP contribution is 2.15. The zero-order chi connectivity index (χ0) is 16.8. The summed E-state index contributed by atoms with van der Waals surface area (Å²) < 4.78 is 2.18. The molecule has 0 unspecified atom stereocenters. The maximum atomic E-state index is 11.8. The molecule has 3 rings (SSSR count). The summed E-state index contributed by atoms with van der Waals surface area (Å²) in [6.45, 7) is 3.87. The van der Waals surface area contributed by atoms with Crippen LogP contribution in [0.4, 0.5) is 4.79 Å². The fourth-order valence-electron chi connectivity index (χ4n) is 2.65. The number of fused-ring (bicyclic) bond motifs is 1. The van der Waals surface area contributed by atoms with Crippen molar-refractivity contribution in [2.45, 2.75) is 26.4 Å². The van der Waals surface area contributed by atoms with Crippen molar-refractivity contribution in [2.24, 2.45) is 0 Å². The van der Waals surface area contributed by atoms with Gasteiger partial charge < -0.3 is 15.2 Å². The van der Waals surface area contributed by atoms with Crippen LogP contribution in [0, 0.1) is 6.92 Å². The van der Waals surface area contributed by atoms with Gasteiger partial charge in [0.05, 0.1) is 23.3 Å². The van der Waals surface area contributed by atoms with Crippen LogP contribution >= 0.6 is 0 Å². The van der Waals surface area contributed by atoms with Crippen molar-refractivity contribution in [2.75, 3.05) is 6.54 Å². The Hall–Kier alpha value is -2.89. The Bertz CT molecular complexity index is 813. The second kappa shape index (κ2) is 7.59. The van der Waals surface area contributed by atoms with E-state index >= 15 is 0 Å².